The van der Waals surface area contributed by atoms with E-state index < -0.39 is 6.03 Å². The zero-order valence-electron chi connectivity index (χ0n) is 21.2. The standard InChI is InChI=1S/C29H25Cl2N5O3/c1-18-16-36-14-6-11-25(28(36)33-18)39-17-21-22(30)12-13-24(27(21)31)35(2)26(37)15-32-29(38)34-23-10-5-8-19-7-3-4-9-20(19)23/h3-14,16H,15,17H2,1-2H3,(H2,32,34,38). The first kappa shape index (κ1) is 26.3. The van der Waals surface area contributed by atoms with Gasteiger partial charge < -0.3 is 24.7 Å². The molecule has 0 bridgehead atoms. The summed E-state index contributed by atoms with van der Waals surface area (Å²) >= 11 is 13.1. The Labute approximate surface area is 235 Å². The number of ether oxygens (including phenoxy) is 1. The zero-order valence-corrected chi connectivity index (χ0v) is 22.8. The second kappa shape index (κ2) is 11.2. The van der Waals surface area contributed by atoms with Crippen molar-refractivity contribution in [3.8, 4) is 5.75 Å². The minimum Gasteiger partial charge on any atom is -0.485 e. The van der Waals surface area contributed by atoms with Crippen LogP contribution in [0.5, 0.6) is 5.75 Å². The van der Waals surface area contributed by atoms with E-state index in [2.05, 4.69) is 15.6 Å². The van der Waals surface area contributed by atoms with E-state index in [0.29, 0.717) is 33.4 Å². The molecule has 0 saturated heterocycles. The number of carbonyl (C=O) groups is 2. The van der Waals surface area contributed by atoms with Crippen molar-refractivity contribution < 1.29 is 14.3 Å². The van der Waals surface area contributed by atoms with Crippen LogP contribution in [0.4, 0.5) is 16.2 Å². The largest absolute Gasteiger partial charge is 0.485 e. The molecule has 0 aliphatic rings. The molecule has 2 aromatic heterocycles. The lowest BCUT2D eigenvalue weighted by Gasteiger charge is -2.21. The predicted molar refractivity (Wildman–Crippen MR) is 155 cm³/mol. The quantitative estimate of drug-likeness (QED) is 0.238. The molecule has 0 unspecified atom stereocenters. The van der Waals surface area contributed by atoms with Crippen molar-refractivity contribution in [3.63, 3.8) is 0 Å². The van der Waals surface area contributed by atoms with E-state index in [-0.39, 0.29) is 24.1 Å². The van der Waals surface area contributed by atoms with Crippen LogP contribution >= 0.6 is 23.2 Å². The highest BCUT2D eigenvalue weighted by atomic mass is 35.5. The number of benzene rings is 3. The summed E-state index contributed by atoms with van der Waals surface area (Å²) in [5.41, 5.74) is 3.17. The Morgan fingerprint density at radius 3 is 2.67 bits per heavy atom. The SMILES string of the molecule is Cc1cn2cccc(OCc3c(Cl)ccc(N(C)C(=O)CNC(=O)Nc4cccc5ccccc45)c3Cl)c2n1. The number of rotatable bonds is 7. The third kappa shape index (κ3) is 5.62. The van der Waals surface area contributed by atoms with Gasteiger partial charge in [-0.15, -0.1) is 0 Å². The van der Waals surface area contributed by atoms with Crippen molar-refractivity contribution in [1.29, 1.82) is 0 Å². The lowest BCUT2D eigenvalue weighted by Crippen LogP contribution is -2.40. The summed E-state index contributed by atoms with van der Waals surface area (Å²) in [7, 11) is 1.58. The molecule has 5 aromatic rings. The molecular formula is C29H25Cl2N5O3. The number of amides is 3. The number of fused-ring (bicyclic) bond motifs is 2. The molecule has 8 nitrogen and oxygen atoms in total. The number of hydrogen-bond donors (Lipinski definition) is 2. The monoisotopic (exact) mass is 561 g/mol. The molecule has 0 atom stereocenters. The van der Waals surface area contributed by atoms with Gasteiger partial charge in [0, 0.05) is 35.4 Å². The summed E-state index contributed by atoms with van der Waals surface area (Å²) in [6, 6.07) is 19.8. The van der Waals surface area contributed by atoms with Crippen LogP contribution in [-0.2, 0) is 11.4 Å². The predicted octanol–water partition coefficient (Wildman–Crippen LogP) is 6.47. The number of hydrogen-bond acceptors (Lipinski definition) is 4. The van der Waals surface area contributed by atoms with Crippen molar-refractivity contribution >= 4 is 62.9 Å². The molecule has 2 N–H and O–H groups in total. The molecule has 0 saturated carbocycles. The van der Waals surface area contributed by atoms with Crippen LogP contribution in [0.15, 0.2) is 79.1 Å². The van der Waals surface area contributed by atoms with Crippen LogP contribution in [0.2, 0.25) is 10.0 Å². The highest BCUT2D eigenvalue weighted by Crippen LogP contribution is 2.35. The third-order valence-corrected chi connectivity index (χ3v) is 7.05. The van der Waals surface area contributed by atoms with Gasteiger partial charge in [0.1, 0.15) is 6.61 Å². The van der Waals surface area contributed by atoms with E-state index in [4.69, 9.17) is 27.9 Å². The van der Waals surface area contributed by atoms with Gasteiger partial charge in [-0.1, -0.05) is 59.6 Å². The Balaban J connectivity index is 1.25. The van der Waals surface area contributed by atoms with Gasteiger partial charge in [0.05, 0.1) is 28.6 Å². The highest BCUT2D eigenvalue weighted by Gasteiger charge is 2.20. The maximum atomic E-state index is 12.9. The summed E-state index contributed by atoms with van der Waals surface area (Å²) in [5.74, 6) is 0.214. The fraction of sp³-hybridized carbons (Fsp3) is 0.138. The minimum atomic E-state index is -0.493. The van der Waals surface area contributed by atoms with Crippen LogP contribution in [0, 0.1) is 6.92 Å². The Morgan fingerprint density at radius 1 is 1.03 bits per heavy atom. The van der Waals surface area contributed by atoms with Gasteiger partial charge in [0.15, 0.2) is 11.4 Å². The van der Waals surface area contributed by atoms with Gasteiger partial charge in [-0.25, -0.2) is 9.78 Å². The van der Waals surface area contributed by atoms with Crippen molar-refractivity contribution in [2.75, 3.05) is 23.8 Å². The number of carbonyl (C=O) groups excluding carboxylic acids is 2. The second-order valence-corrected chi connectivity index (χ2v) is 9.71. The minimum absolute atomic E-state index is 0.0742. The molecule has 39 heavy (non-hydrogen) atoms. The van der Waals surface area contributed by atoms with E-state index >= 15 is 0 Å². The summed E-state index contributed by atoms with van der Waals surface area (Å²) in [4.78, 5) is 31.3. The smallest absolute Gasteiger partial charge is 0.319 e. The summed E-state index contributed by atoms with van der Waals surface area (Å²) in [6.07, 6.45) is 3.79. The number of urea groups is 1. The average Bonchev–Trinajstić information content (AvgIpc) is 3.32. The molecule has 3 aromatic carbocycles. The lowest BCUT2D eigenvalue weighted by molar-refractivity contribution is -0.117. The topological polar surface area (TPSA) is 88.0 Å². The van der Waals surface area contributed by atoms with Gasteiger partial charge in [-0.3, -0.25) is 4.79 Å². The van der Waals surface area contributed by atoms with Crippen LogP contribution in [0.25, 0.3) is 16.4 Å². The number of nitrogens with one attached hydrogen (secondary N) is 2. The van der Waals surface area contributed by atoms with Crippen molar-refractivity contribution in [2.45, 2.75) is 13.5 Å². The Bertz CT molecular complexity index is 1700. The Kier molecular flexibility index (Phi) is 7.58. The second-order valence-electron chi connectivity index (χ2n) is 8.92. The van der Waals surface area contributed by atoms with Crippen molar-refractivity contribution in [3.05, 3.63) is 100 Å². The Morgan fingerprint density at radius 2 is 1.82 bits per heavy atom. The molecule has 5 rings (SSSR count). The lowest BCUT2D eigenvalue weighted by atomic mass is 10.1. The van der Waals surface area contributed by atoms with Crippen molar-refractivity contribution in [1.82, 2.24) is 14.7 Å². The highest BCUT2D eigenvalue weighted by molar-refractivity contribution is 6.38. The van der Waals surface area contributed by atoms with E-state index in [1.165, 1.54) is 4.90 Å². The van der Waals surface area contributed by atoms with E-state index in [1.54, 1.807) is 25.2 Å². The third-order valence-electron chi connectivity index (χ3n) is 6.28. The van der Waals surface area contributed by atoms with E-state index in [0.717, 1.165) is 16.5 Å². The normalized spacial score (nSPS) is 11.0. The summed E-state index contributed by atoms with van der Waals surface area (Å²) in [5, 5.41) is 8.01. The van der Waals surface area contributed by atoms with Crippen molar-refractivity contribution in [2.24, 2.45) is 0 Å². The first-order valence-corrected chi connectivity index (χ1v) is 12.9. The Hall–Kier alpha value is -4.27. The van der Waals surface area contributed by atoms with Gasteiger partial charge in [0.2, 0.25) is 5.91 Å². The first-order chi connectivity index (χ1) is 18.8. The molecule has 3 amide bonds. The number of anilines is 2. The maximum Gasteiger partial charge on any atom is 0.319 e. The molecule has 0 aliphatic heterocycles. The van der Waals surface area contributed by atoms with E-state index in [1.807, 2.05) is 72.2 Å². The molecule has 0 spiro atoms. The van der Waals surface area contributed by atoms with Crippen LogP contribution in [-0.4, -0.2) is 34.9 Å². The molecule has 2 heterocycles. The zero-order chi connectivity index (χ0) is 27.5. The summed E-state index contributed by atoms with van der Waals surface area (Å²) in [6.45, 7) is 1.74. The van der Waals surface area contributed by atoms with E-state index in [9.17, 15) is 9.59 Å². The fourth-order valence-corrected chi connectivity index (χ4v) is 4.87. The molecule has 0 radical (unpaired) electrons. The fourth-order valence-electron chi connectivity index (χ4n) is 4.26. The number of halogens is 2. The number of imidazole rings is 1. The van der Waals surface area contributed by atoms with Crippen LogP contribution in [0.1, 0.15) is 11.3 Å². The molecule has 0 aliphatic carbocycles. The number of aromatic nitrogens is 2. The van der Waals surface area contributed by atoms with Crippen LogP contribution in [0.3, 0.4) is 0 Å². The molecule has 198 valence electrons. The number of likely N-dealkylation sites (N-methyl/N-ethyl adjacent to an activating group) is 1. The van der Waals surface area contributed by atoms with Gasteiger partial charge in [-0.2, -0.15) is 0 Å². The van der Waals surface area contributed by atoms with Gasteiger partial charge in [0.25, 0.3) is 0 Å². The van der Waals surface area contributed by atoms with Crippen LogP contribution < -0.4 is 20.3 Å². The summed E-state index contributed by atoms with van der Waals surface area (Å²) < 4.78 is 7.90. The molecular weight excluding hydrogens is 537 g/mol. The maximum absolute atomic E-state index is 12.9. The number of aryl methyl sites for hydroxylation is 1. The van der Waals surface area contributed by atoms with Gasteiger partial charge in [-0.05, 0) is 42.6 Å². The average molecular weight is 562 g/mol. The number of nitrogens with zero attached hydrogens (tertiary/aromatic N) is 3. The number of pyridine rings is 1. The van der Waals surface area contributed by atoms with Gasteiger partial charge >= 0.3 is 6.03 Å². The molecule has 0 fully saturated rings. The first-order valence-electron chi connectivity index (χ1n) is 12.1. The molecule has 10 heteroatoms.